The van der Waals surface area contributed by atoms with E-state index in [2.05, 4.69) is 30.5 Å². The Kier molecular flexibility index (Phi) is 5.44. The molecule has 0 radical (unpaired) electrons. The van der Waals surface area contributed by atoms with Gasteiger partial charge in [0.05, 0.1) is 12.1 Å². The van der Waals surface area contributed by atoms with Crippen molar-refractivity contribution >= 4 is 28.7 Å². The van der Waals surface area contributed by atoms with Crippen LogP contribution in [0, 0.1) is 0 Å². The Labute approximate surface area is 165 Å². The van der Waals surface area contributed by atoms with Crippen molar-refractivity contribution in [2.45, 2.75) is 38.3 Å². The Bertz CT molecular complexity index is 921. The van der Waals surface area contributed by atoms with Crippen molar-refractivity contribution in [1.82, 2.24) is 10.2 Å². The number of piperidine rings is 1. The van der Waals surface area contributed by atoms with Crippen LogP contribution in [0.2, 0.25) is 0 Å². The SMILES string of the molecule is CCC/C=C/c1cccc2cc(C(=O)N3CC[C@H]4OCC(=O)N[C@H]4C3)ccc12. The van der Waals surface area contributed by atoms with Gasteiger partial charge in [-0.15, -0.1) is 0 Å². The molecule has 2 atom stereocenters. The van der Waals surface area contributed by atoms with Crippen LogP contribution >= 0.6 is 0 Å². The van der Waals surface area contributed by atoms with Gasteiger partial charge in [0.1, 0.15) is 6.61 Å². The van der Waals surface area contributed by atoms with Crippen molar-refractivity contribution in [2.24, 2.45) is 0 Å². The lowest BCUT2D eigenvalue weighted by Gasteiger charge is -2.41. The number of likely N-dealkylation sites (tertiary alicyclic amines) is 1. The maximum absolute atomic E-state index is 13.1. The van der Waals surface area contributed by atoms with Crippen LogP contribution in [0.3, 0.4) is 0 Å². The second kappa shape index (κ2) is 8.15. The number of amides is 2. The highest BCUT2D eigenvalue weighted by atomic mass is 16.5. The van der Waals surface area contributed by atoms with E-state index in [0.29, 0.717) is 18.7 Å². The van der Waals surface area contributed by atoms with Gasteiger partial charge >= 0.3 is 0 Å². The third kappa shape index (κ3) is 3.80. The zero-order valence-electron chi connectivity index (χ0n) is 16.2. The standard InChI is InChI=1S/C23H26N2O3/c1-2-3-4-6-16-7-5-8-17-13-18(9-10-19(16)17)23(27)25-12-11-21-20(14-25)24-22(26)15-28-21/h4-10,13,20-21H,2-3,11-12,14-15H2,1H3,(H,24,26)/b6-4+/t20-,21+/m0/s1. The van der Waals surface area contributed by atoms with Crippen LogP contribution < -0.4 is 5.32 Å². The number of morpholine rings is 1. The average molecular weight is 378 g/mol. The zero-order valence-corrected chi connectivity index (χ0v) is 16.2. The first-order chi connectivity index (χ1) is 13.7. The lowest BCUT2D eigenvalue weighted by molar-refractivity contribution is -0.139. The highest BCUT2D eigenvalue weighted by Gasteiger charge is 2.36. The quantitative estimate of drug-likeness (QED) is 0.887. The first-order valence-corrected chi connectivity index (χ1v) is 10.1. The van der Waals surface area contributed by atoms with E-state index in [-0.39, 0.29) is 30.6 Å². The van der Waals surface area contributed by atoms with Gasteiger partial charge < -0.3 is 15.0 Å². The molecule has 2 fully saturated rings. The molecule has 2 amide bonds. The van der Waals surface area contributed by atoms with Gasteiger partial charge in [-0.2, -0.15) is 0 Å². The molecule has 2 aromatic carbocycles. The van der Waals surface area contributed by atoms with Gasteiger partial charge in [0.2, 0.25) is 5.91 Å². The fourth-order valence-corrected chi connectivity index (χ4v) is 4.03. The fraction of sp³-hybridized carbons (Fsp3) is 0.391. The molecular weight excluding hydrogens is 352 g/mol. The molecule has 0 aliphatic carbocycles. The number of unbranched alkanes of at least 4 members (excludes halogenated alkanes) is 1. The van der Waals surface area contributed by atoms with E-state index in [9.17, 15) is 9.59 Å². The maximum Gasteiger partial charge on any atom is 0.253 e. The van der Waals surface area contributed by atoms with E-state index < -0.39 is 0 Å². The maximum atomic E-state index is 13.1. The largest absolute Gasteiger partial charge is 0.366 e. The Hall–Kier alpha value is -2.66. The highest BCUT2D eigenvalue weighted by Crippen LogP contribution is 2.24. The number of nitrogens with one attached hydrogen (secondary N) is 1. The molecule has 1 N–H and O–H groups in total. The third-order valence-corrected chi connectivity index (χ3v) is 5.53. The third-order valence-electron chi connectivity index (χ3n) is 5.53. The molecule has 2 aliphatic rings. The number of nitrogens with zero attached hydrogens (tertiary/aromatic N) is 1. The second-order valence-corrected chi connectivity index (χ2v) is 7.54. The lowest BCUT2D eigenvalue weighted by Crippen LogP contribution is -2.61. The number of ether oxygens (including phenoxy) is 1. The summed E-state index contributed by atoms with van der Waals surface area (Å²) < 4.78 is 5.58. The van der Waals surface area contributed by atoms with E-state index >= 15 is 0 Å². The summed E-state index contributed by atoms with van der Waals surface area (Å²) in [5.41, 5.74) is 1.86. The molecule has 4 rings (SSSR count). The molecule has 0 unspecified atom stereocenters. The number of carbonyl (C=O) groups is 2. The summed E-state index contributed by atoms with van der Waals surface area (Å²) in [6.07, 6.45) is 7.29. The molecular formula is C23H26N2O3. The molecule has 2 aliphatic heterocycles. The minimum absolute atomic E-state index is 0.00657. The molecule has 2 aromatic rings. The Morgan fingerprint density at radius 2 is 2.21 bits per heavy atom. The minimum Gasteiger partial charge on any atom is -0.366 e. The molecule has 0 bridgehead atoms. The van der Waals surface area contributed by atoms with Crippen molar-refractivity contribution in [3.63, 3.8) is 0 Å². The van der Waals surface area contributed by atoms with Gasteiger partial charge in [0, 0.05) is 18.7 Å². The van der Waals surface area contributed by atoms with Crippen LogP contribution in [0.1, 0.15) is 42.1 Å². The van der Waals surface area contributed by atoms with Gasteiger partial charge in [-0.25, -0.2) is 0 Å². The number of hydrogen-bond donors (Lipinski definition) is 1. The monoisotopic (exact) mass is 378 g/mol. The highest BCUT2D eigenvalue weighted by molar-refractivity contribution is 6.00. The number of benzene rings is 2. The minimum atomic E-state index is -0.116. The predicted molar refractivity (Wildman–Crippen MR) is 110 cm³/mol. The van der Waals surface area contributed by atoms with Gasteiger partial charge in [0.15, 0.2) is 0 Å². The van der Waals surface area contributed by atoms with Gasteiger partial charge in [0.25, 0.3) is 5.91 Å². The van der Waals surface area contributed by atoms with Crippen LogP contribution in [0.4, 0.5) is 0 Å². The number of fused-ring (bicyclic) bond motifs is 2. The van der Waals surface area contributed by atoms with Crippen LogP contribution in [0.25, 0.3) is 16.8 Å². The molecule has 28 heavy (non-hydrogen) atoms. The molecule has 0 saturated carbocycles. The normalized spacial score (nSPS) is 22.3. The Balaban J connectivity index is 1.54. The Morgan fingerprint density at radius 1 is 1.32 bits per heavy atom. The first-order valence-electron chi connectivity index (χ1n) is 10.1. The topological polar surface area (TPSA) is 58.6 Å². The molecule has 0 spiro atoms. The number of rotatable bonds is 4. The van der Waals surface area contributed by atoms with E-state index in [1.807, 2.05) is 35.2 Å². The lowest BCUT2D eigenvalue weighted by atomic mass is 9.98. The van der Waals surface area contributed by atoms with Crippen molar-refractivity contribution in [3.8, 4) is 0 Å². The molecule has 146 valence electrons. The van der Waals surface area contributed by atoms with E-state index in [1.54, 1.807) is 0 Å². The summed E-state index contributed by atoms with van der Waals surface area (Å²) in [4.78, 5) is 26.5. The molecule has 2 heterocycles. The molecule has 2 saturated heterocycles. The Morgan fingerprint density at radius 3 is 3.07 bits per heavy atom. The van der Waals surface area contributed by atoms with Crippen LogP contribution in [0.15, 0.2) is 42.5 Å². The zero-order chi connectivity index (χ0) is 19.5. The smallest absolute Gasteiger partial charge is 0.253 e. The van der Waals surface area contributed by atoms with Crippen molar-refractivity contribution in [3.05, 3.63) is 53.6 Å². The number of carbonyl (C=O) groups excluding carboxylic acids is 2. The van der Waals surface area contributed by atoms with Gasteiger partial charge in [-0.1, -0.05) is 49.8 Å². The van der Waals surface area contributed by atoms with Crippen LogP contribution in [0.5, 0.6) is 0 Å². The summed E-state index contributed by atoms with van der Waals surface area (Å²) >= 11 is 0. The molecule has 5 heteroatoms. The van der Waals surface area contributed by atoms with Crippen LogP contribution in [-0.2, 0) is 9.53 Å². The van der Waals surface area contributed by atoms with Gasteiger partial charge in [-0.05, 0) is 41.3 Å². The summed E-state index contributed by atoms with van der Waals surface area (Å²) in [6, 6.07) is 12.0. The first kappa shape index (κ1) is 18.7. The van der Waals surface area contributed by atoms with E-state index in [1.165, 1.54) is 5.56 Å². The molecule has 5 nitrogen and oxygen atoms in total. The summed E-state index contributed by atoms with van der Waals surface area (Å²) in [6.45, 7) is 3.43. The second-order valence-electron chi connectivity index (χ2n) is 7.54. The predicted octanol–water partition coefficient (Wildman–Crippen LogP) is 3.38. The van der Waals surface area contributed by atoms with Gasteiger partial charge in [-0.3, -0.25) is 9.59 Å². The van der Waals surface area contributed by atoms with Crippen molar-refractivity contribution in [2.75, 3.05) is 19.7 Å². The summed E-state index contributed by atoms with van der Waals surface area (Å²) in [7, 11) is 0. The number of hydrogen-bond acceptors (Lipinski definition) is 3. The number of allylic oxidation sites excluding steroid dienone is 1. The van der Waals surface area contributed by atoms with E-state index in [4.69, 9.17) is 4.74 Å². The fourth-order valence-electron chi connectivity index (χ4n) is 4.03. The summed E-state index contributed by atoms with van der Waals surface area (Å²) in [5.74, 6) is -0.1000. The molecule has 0 aromatic heterocycles. The van der Waals surface area contributed by atoms with Crippen LogP contribution in [-0.4, -0.2) is 48.6 Å². The van der Waals surface area contributed by atoms with E-state index in [0.717, 1.165) is 30.0 Å². The van der Waals surface area contributed by atoms with Crippen molar-refractivity contribution < 1.29 is 14.3 Å². The average Bonchev–Trinajstić information content (AvgIpc) is 2.72. The summed E-state index contributed by atoms with van der Waals surface area (Å²) in [5, 5.41) is 5.17. The van der Waals surface area contributed by atoms with Crippen molar-refractivity contribution in [1.29, 1.82) is 0 Å².